The van der Waals surface area contributed by atoms with Gasteiger partial charge in [-0.15, -0.1) is 6.58 Å². The van der Waals surface area contributed by atoms with Gasteiger partial charge in [0.1, 0.15) is 11.9 Å². The quantitative estimate of drug-likeness (QED) is 0.675. The van der Waals surface area contributed by atoms with Gasteiger partial charge >= 0.3 is 6.11 Å². The zero-order chi connectivity index (χ0) is 16.9. The molecule has 0 atom stereocenters. The smallest absolute Gasteiger partial charge is 0.316 e. The third-order valence-corrected chi connectivity index (χ3v) is 4.36. The highest BCUT2D eigenvalue weighted by atomic mass is 19.3. The van der Waals surface area contributed by atoms with Crippen molar-refractivity contribution in [2.45, 2.75) is 44.8 Å². The fraction of sp³-hybridized carbons (Fsp3) is 0.500. The molecule has 0 aliphatic heterocycles. The molecule has 0 spiro atoms. The number of rotatable bonds is 6. The van der Waals surface area contributed by atoms with E-state index >= 15 is 0 Å². The summed E-state index contributed by atoms with van der Waals surface area (Å²) in [6.07, 6.45) is 1.65. The van der Waals surface area contributed by atoms with Crippen LogP contribution < -0.4 is 0 Å². The predicted octanol–water partition coefficient (Wildman–Crippen LogP) is 5.19. The molecular weight excluding hydrogens is 303 g/mol. The molecule has 2 rings (SSSR count). The van der Waals surface area contributed by atoms with Crippen molar-refractivity contribution in [3.63, 3.8) is 0 Å². The molecule has 0 aromatic heterocycles. The van der Waals surface area contributed by atoms with E-state index in [2.05, 4.69) is 6.58 Å². The van der Waals surface area contributed by atoms with Gasteiger partial charge in [-0.3, -0.25) is 0 Å². The van der Waals surface area contributed by atoms with Gasteiger partial charge in [-0.2, -0.15) is 14.0 Å². The van der Waals surface area contributed by atoms with E-state index in [1.165, 1.54) is 12.1 Å². The maximum atomic E-state index is 13.9. The van der Waals surface area contributed by atoms with Crippen LogP contribution in [0.5, 0.6) is 0 Å². The molecule has 2 nitrogen and oxygen atoms in total. The topological polar surface area (TPSA) is 33.0 Å². The molecule has 0 heterocycles. The molecule has 1 aromatic rings. The number of allylic oxidation sites excluding steroid dienone is 1. The number of benzene rings is 1. The van der Waals surface area contributed by atoms with E-state index in [1.54, 1.807) is 6.07 Å². The van der Waals surface area contributed by atoms with E-state index in [4.69, 9.17) is 10.00 Å². The van der Waals surface area contributed by atoms with Crippen LogP contribution in [0.15, 0.2) is 30.9 Å². The van der Waals surface area contributed by atoms with Crippen molar-refractivity contribution in [3.8, 4) is 6.07 Å². The highest BCUT2D eigenvalue weighted by molar-refractivity contribution is 5.33. The number of nitriles is 1. The monoisotopic (exact) mass is 323 g/mol. The van der Waals surface area contributed by atoms with Gasteiger partial charge in [-0.1, -0.05) is 12.1 Å². The van der Waals surface area contributed by atoms with Gasteiger partial charge in [0.05, 0.1) is 12.2 Å². The first-order valence-corrected chi connectivity index (χ1v) is 7.76. The Kier molecular flexibility index (Phi) is 5.84. The van der Waals surface area contributed by atoms with Crippen molar-refractivity contribution >= 4 is 0 Å². The number of nitrogens with zero attached hydrogens (tertiary/aromatic N) is 1. The average Bonchev–Trinajstić information content (AvgIpc) is 2.53. The van der Waals surface area contributed by atoms with E-state index < -0.39 is 11.9 Å². The highest BCUT2D eigenvalue weighted by Crippen LogP contribution is 2.36. The van der Waals surface area contributed by atoms with Gasteiger partial charge in [0, 0.05) is 6.42 Å². The Morgan fingerprint density at radius 3 is 2.57 bits per heavy atom. The minimum absolute atomic E-state index is 0.0566. The molecule has 0 amide bonds. The lowest BCUT2D eigenvalue weighted by Crippen LogP contribution is -2.26. The van der Waals surface area contributed by atoms with Crippen molar-refractivity contribution in [1.82, 2.24) is 0 Å². The Balaban J connectivity index is 1.85. The highest BCUT2D eigenvalue weighted by Gasteiger charge is 2.35. The van der Waals surface area contributed by atoms with E-state index in [-0.39, 0.29) is 30.1 Å². The molecule has 0 radical (unpaired) electrons. The number of hydrogen-bond acceptors (Lipinski definition) is 2. The molecule has 0 bridgehead atoms. The lowest BCUT2D eigenvalue weighted by Gasteiger charge is -2.29. The van der Waals surface area contributed by atoms with Gasteiger partial charge < -0.3 is 4.74 Å². The molecular formula is C18H20F3NO. The maximum absolute atomic E-state index is 13.9. The van der Waals surface area contributed by atoms with Crippen LogP contribution in [0.4, 0.5) is 13.2 Å². The summed E-state index contributed by atoms with van der Waals surface area (Å²) < 4.78 is 46.0. The van der Waals surface area contributed by atoms with E-state index in [0.717, 1.165) is 31.7 Å². The Morgan fingerprint density at radius 1 is 1.30 bits per heavy atom. The maximum Gasteiger partial charge on any atom is 0.356 e. The van der Waals surface area contributed by atoms with Crippen LogP contribution in [0.3, 0.4) is 0 Å². The van der Waals surface area contributed by atoms with E-state index in [1.807, 2.05) is 6.08 Å². The number of alkyl halides is 2. The summed E-state index contributed by atoms with van der Waals surface area (Å²) in [5.74, 6) is -0.346. The minimum atomic E-state index is -3.23. The zero-order valence-corrected chi connectivity index (χ0v) is 12.9. The largest absolute Gasteiger partial charge is 0.356 e. The van der Waals surface area contributed by atoms with Crippen molar-refractivity contribution in [2.75, 3.05) is 0 Å². The molecule has 124 valence electrons. The fourth-order valence-corrected chi connectivity index (χ4v) is 2.95. The Hall–Kier alpha value is -1.80. The lowest BCUT2D eigenvalue weighted by atomic mass is 9.80. The first kappa shape index (κ1) is 17.6. The normalized spacial score (nSPS) is 21.7. The first-order valence-electron chi connectivity index (χ1n) is 7.76. The Morgan fingerprint density at radius 2 is 2.00 bits per heavy atom. The summed E-state index contributed by atoms with van der Waals surface area (Å²) in [5.41, 5.74) is 0.177. The molecule has 1 fully saturated rings. The summed E-state index contributed by atoms with van der Waals surface area (Å²) in [6, 6.07) is 5.44. The van der Waals surface area contributed by atoms with Crippen LogP contribution in [0.25, 0.3) is 0 Å². The molecule has 1 saturated carbocycles. The fourth-order valence-electron chi connectivity index (χ4n) is 2.95. The van der Waals surface area contributed by atoms with Crippen LogP contribution in [-0.2, 0) is 11.3 Å². The second-order valence-electron chi connectivity index (χ2n) is 6.07. The summed E-state index contributed by atoms with van der Waals surface area (Å²) >= 11 is 0. The Labute approximate surface area is 134 Å². The van der Waals surface area contributed by atoms with Crippen LogP contribution in [0.1, 0.15) is 43.2 Å². The third-order valence-electron chi connectivity index (χ3n) is 4.36. The van der Waals surface area contributed by atoms with E-state index in [0.29, 0.717) is 5.92 Å². The minimum Gasteiger partial charge on any atom is -0.316 e. The molecule has 23 heavy (non-hydrogen) atoms. The third kappa shape index (κ3) is 5.11. The number of halogens is 3. The van der Waals surface area contributed by atoms with Crippen molar-refractivity contribution in [1.29, 1.82) is 5.26 Å². The van der Waals surface area contributed by atoms with Crippen molar-refractivity contribution in [3.05, 3.63) is 47.8 Å². The molecule has 1 aliphatic rings. The summed E-state index contributed by atoms with van der Waals surface area (Å²) in [4.78, 5) is 0. The zero-order valence-electron chi connectivity index (χ0n) is 12.9. The molecule has 0 unspecified atom stereocenters. The summed E-state index contributed by atoms with van der Waals surface area (Å²) in [7, 11) is 0. The lowest BCUT2D eigenvalue weighted by molar-refractivity contribution is -0.256. The molecule has 1 aromatic carbocycles. The molecule has 1 aliphatic carbocycles. The summed E-state index contributed by atoms with van der Waals surface area (Å²) in [5, 5.41) is 8.64. The van der Waals surface area contributed by atoms with Gasteiger partial charge in [0.15, 0.2) is 0 Å². The molecule has 0 saturated heterocycles. The second-order valence-corrected chi connectivity index (χ2v) is 6.07. The van der Waals surface area contributed by atoms with Crippen LogP contribution in [-0.4, -0.2) is 6.11 Å². The van der Waals surface area contributed by atoms with Crippen LogP contribution in [0, 0.1) is 29.0 Å². The van der Waals surface area contributed by atoms with Gasteiger partial charge in [-0.25, -0.2) is 4.39 Å². The summed E-state index contributed by atoms with van der Waals surface area (Å²) in [6.45, 7) is 3.37. The van der Waals surface area contributed by atoms with Gasteiger partial charge in [-0.05, 0) is 55.2 Å². The van der Waals surface area contributed by atoms with Crippen LogP contribution >= 0.6 is 0 Å². The second kappa shape index (κ2) is 7.65. The van der Waals surface area contributed by atoms with Crippen molar-refractivity contribution in [2.24, 2.45) is 11.8 Å². The van der Waals surface area contributed by atoms with Crippen LogP contribution in [0.2, 0.25) is 0 Å². The van der Waals surface area contributed by atoms with E-state index in [9.17, 15) is 13.2 Å². The van der Waals surface area contributed by atoms with Gasteiger partial charge in [0.2, 0.25) is 0 Å². The SMILES string of the molecule is C=CC1CCC(CC(F)(F)OCc2ccc(C#N)c(F)c2)CC1. The standard InChI is InChI=1S/C18H20F3NO/c1-2-13-3-5-14(6-4-13)10-18(20,21)23-12-15-7-8-16(11-22)17(19)9-15/h2,7-9,13-14H,1,3-6,10,12H2. The molecule has 5 heteroatoms. The number of ether oxygens (including phenoxy) is 1. The van der Waals surface area contributed by atoms with Gasteiger partial charge in [0.25, 0.3) is 0 Å². The molecule has 0 N–H and O–H groups in total. The first-order chi connectivity index (χ1) is 10.9. The predicted molar refractivity (Wildman–Crippen MR) is 81.1 cm³/mol. The average molecular weight is 323 g/mol. The van der Waals surface area contributed by atoms with Crippen molar-refractivity contribution < 1.29 is 17.9 Å². The Bertz CT molecular complexity index is 586. The number of hydrogen-bond donors (Lipinski definition) is 0.